The van der Waals surface area contributed by atoms with Gasteiger partial charge < -0.3 is 0 Å². The minimum Gasteiger partial charge on any atom is -0.294 e. The Labute approximate surface area is 185 Å². The van der Waals surface area contributed by atoms with Crippen LogP contribution in [0.5, 0.6) is 0 Å². The smallest absolute Gasteiger partial charge is 0.232 e. The Kier molecular flexibility index (Phi) is 5.27. The molecule has 29 heavy (non-hydrogen) atoms. The number of benzene rings is 2. The number of hydrogen-bond donors (Lipinski definition) is 0. The molecule has 0 spiro atoms. The highest BCUT2D eigenvalue weighted by atomic mass is 35.5. The van der Waals surface area contributed by atoms with Crippen molar-refractivity contribution in [2.45, 2.75) is 39.0 Å². The fourth-order valence-corrected chi connectivity index (χ4v) is 5.14. The lowest BCUT2D eigenvalue weighted by atomic mass is 9.69. The number of carbonyl (C=O) groups excluding carboxylic acids is 2. The zero-order valence-electron chi connectivity index (χ0n) is 16.1. The molecule has 0 bridgehead atoms. The first-order valence-corrected chi connectivity index (χ1v) is 10.6. The Morgan fingerprint density at radius 2 is 1.69 bits per heavy atom. The van der Waals surface area contributed by atoms with Gasteiger partial charge in [-0.15, -0.1) is 0 Å². The first kappa shape index (κ1) is 20.5. The van der Waals surface area contributed by atoms with E-state index in [1.54, 1.807) is 29.2 Å². The van der Waals surface area contributed by atoms with Gasteiger partial charge in [0.15, 0.2) is 5.78 Å². The molecule has 1 aliphatic carbocycles. The van der Waals surface area contributed by atoms with Gasteiger partial charge in [0.2, 0.25) is 5.91 Å². The number of anilines is 1. The lowest BCUT2D eigenvalue weighted by Crippen LogP contribution is -2.43. The summed E-state index contributed by atoms with van der Waals surface area (Å²) < 4.78 is 0. The van der Waals surface area contributed by atoms with Gasteiger partial charge in [-0.1, -0.05) is 66.8 Å². The molecule has 2 aromatic carbocycles. The van der Waals surface area contributed by atoms with Crippen molar-refractivity contribution < 1.29 is 9.59 Å². The van der Waals surface area contributed by atoms with Crippen LogP contribution in [0.2, 0.25) is 15.1 Å². The molecule has 0 radical (unpaired) electrons. The topological polar surface area (TPSA) is 37.4 Å². The molecule has 1 atom stereocenters. The number of allylic oxidation sites excluding steroid dienone is 2. The van der Waals surface area contributed by atoms with E-state index in [-0.39, 0.29) is 29.4 Å². The quantitative estimate of drug-likeness (QED) is 0.506. The highest BCUT2D eigenvalue weighted by Gasteiger charge is 2.45. The van der Waals surface area contributed by atoms with Crippen LogP contribution in [0.25, 0.3) is 0 Å². The number of halogens is 3. The molecule has 1 amide bonds. The molecule has 2 aromatic rings. The molecule has 150 valence electrons. The number of ketones is 1. The molecule has 2 aliphatic rings. The molecule has 0 N–H and O–H groups in total. The van der Waals surface area contributed by atoms with Gasteiger partial charge in [0, 0.05) is 40.1 Å². The van der Waals surface area contributed by atoms with Crippen molar-refractivity contribution in [1.29, 1.82) is 0 Å². The molecule has 0 saturated heterocycles. The minimum atomic E-state index is -0.350. The maximum absolute atomic E-state index is 13.3. The molecule has 3 nitrogen and oxygen atoms in total. The Balaban J connectivity index is 1.94. The van der Waals surface area contributed by atoms with Crippen LogP contribution in [0, 0.1) is 5.41 Å². The van der Waals surface area contributed by atoms with E-state index in [4.69, 9.17) is 34.8 Å². The van der Waals surface area contributed by atoms with Crippen molar-refractivity contribution in [2.24, 2.45) is 5.41 Å². The maximum atomic E-state index is 13.3. The van der Waals surface area contributed by atoms with E-state index in [9.17, 15) is 9.59 Å². The standard InChI is InChI=1S/C23H20Cl3NO2/c1-23(2)11-19-22(20(28)12-23)15(14-5-3-4-6-16(14)25)10-21(29)27(19)18-8-7-13(24)9-17(18)26/h3-9,15H,10-12H2,1-2H3. The van der Waals surface area contributed by atoms with Crippen LogP contribution in [0.4, 0.5) is 5.69 Å². The highest BCUT2D eigenvalue weighted by Crippen LogP contribution is 2.50. The van der Waals surface area contributed by atoms with E-state index in [1.807, 2.05) is 32.0 Å². The zero-order chi connectivity index (χ0) is 20.9. The first-order valence-electron chi connectivity index (χ1n) is 9.46. The molecule has 0 saturated carbocycles. The van der Waals surface area contributed by atoms with E-state index in [0.717, 1.165) is 11.3 Å². The first-order chi connectivity index (χ1) is 13.7. The third kappa shape index (κ3) is 3.72. The van der Waals surface area contributed by atoms with Gasteiger partial charge in [0.05, 0.1) is 10.7 Å². The van der Waals surface area contributed by atoms with Crippen LogP contribution < -0.4 is 4.90 Å². The Bertz CT molecular complexity index is 1060. The molecule has 1 aliphatic heterocycles. The predicted molar refractivity (Wildman–Crippen MR) is 118 cm³/mol. The highest BCUT2D eigenvalue weighted by molar-refractivity contribution is 6.37. The van der Waals surface area contributed by atoms with Crippen molar-refractivity contribution in [1.82, 2.24) is 0 Å². The zero-order valence-corrected chi connectivity index (χ0v) is 18.4. The van der Waals surface area contributed by atoms with Crippen molar-refractivity contribution in [3.05, 3.63) is 74.4 Å². The van der Waals surface area contributed by atoms with Gasteiger partial charge in [-0.05, 0) is 41.7 Å². The van der Waals surface area contributed by atoms with Crippen molar-refractivity contribution in [3.63, 3.8) is 0 Å². The molecule has 1 unspecified atom stereocenters. The third-order valence-corrected chi connectivity index (χ3v) is 6.46. The van der Waals surface area contributed by atoms with E-state index < -0.39 is 0 Å². The molecular formula is C23H20Cl3NO2. The molecule has 0 aromatic heterocycles. The summed E-state index contributed by atoms with van der Waals surface area (Å²) in [5.41, 5.74) is 2.50. The molecular weight excluding hydrogens is 429 g/mol. The number of amides is 1. The van der Waals surface area contributed by atoms with Crippen molar-refractivity contribution in [3.8, 4) is 0 Å². The SMILES string of the molecule is CC1(C)CC(=O)C2=C(C1)N(c1ccc(Cl)cc1Cl)C(=O)CC2c1ccccc1Cl. The van der Waals surface area contributed by atoms with Gasteiger partial charge in [0.1, 0.15) is 0 Å². The van der Waals surface area contributed by atoms with Crippen LogP contribution in [0.3, 0.4) is 0 Å². The average Bonchev–Trinajstić information content (AvgIpc) is 2.61. The summed E-state index contributed by atoms with van der Waals surface area (Å²) in [5, 5.41) is 1.43. The fourth-order valence-electron chi connectivity index (χ4n) is 4.38. The molecule has 4 rings (SSSR count). The normalized spacial score (nSPS) is 21.4. The van der Waals surface area contributed by atoms with Gasteiger partial charge in [0.25, 0.3) is 0 Å². The van der Waals surface area contributed by atoms with E-state index in [0.29, 0.717) is 39.2 Å². The Morgan fingerprint density at radius 1 is 0.966 bits per heavy atom. The summed E-state index contributed by atoms with van der Waals surface area (Å²) in [6, 6.07) is 12.5. The van der Waals surface area contributed by atoms with E-state index in [2.05, 4.69) is 0 Å². The Morgan fingerprint density at radius 3 is 2.38 bits per heavy atom. The maximum Gasteiger partial charge on any atom is 0.232 e. The van der Waals surface area contributed by atoms with Crippen LogP contribution in [0.15, 0.2) is 53.7 Å². The fraction of sp³-hybridized carbons (Fsp3) is 0.304. The number of carbonyl (C=O) groups is 2. The summed E-state index contributed by atoms with van der Waals surface area (Å²) in [5.74, 6) is -0.399. The lowest BCUT2D eigenvalue weighted by molar-refractivity contribution is -0.121. The number of Topliss-reactive ketones (excluding diaryl/α,β-unsaturated/α-hetero) is 1. The summed E-state index contributed by atoms with van der Waals surface area (Å²) >= 11 is 18.9. The largest absolute Gasteiger partial charge is 0.294 e. The summed E-state index contributed by atoms with van der Waals surface area (Å²) in [7, 11) is 0. The third-order valence-electron chi connectivity index (χ3n) is 5.57. The van der Waals surface area contributed by atoms with Gasteiger partial charge >= 0.3 is 0 Å². The summed E-state index contributed by atoms with van der Waals surface area (Å²) in [4.78, 5) is 28.2. The number of rotatable bonds is 2. The molecule has 0 fully saturated rings. The molecule has 6 heteroatoms. The van der Waals surface area contributed by atoms with Crippen LogP contribution in [-0.4, -0.2) is 11.7 Å². The van der Waals surface area contributed by atoms with Crippen LogP contribution >= 0.6 is 34.8 Å². The summed E-state index contributed by atoms with van der Waals surface area (Å²) in [6.07, 6.45) is 1.19. The van der Waals surface area contributed by atoms with Crippen LogP contribution in [-0.2, 0) is 9.59 Å². The Hall–Kier alpha value is -1.81. The summed E-state index contributed by atoms with van der Waals surface area (Å²) in [6.45, 7) is 4.08. The second kappa shape index (κ2) is 7.46. The molecule has 1 heterocycles. The van der Waals surface area contributed by atoms with Crippen molar-refractivity contribution >= 4 is 52.2 Å². The van der Waals surface area contributed by atoms with Gasteiger partial charge in [-0.25, -0.2) is 0 Å². The number of hydrogen-bond acceptors (Lipinski definition) is 2. The van der Waals surface area contributed by atoms with Crippen molar-refractivity contribution in [2.75, 3.05) is 4.90 Å². The average molecular weight is 449 g/mol. The van der Waals surface area contributed by atoms with Gasteiger partial charge in [-0.3, -0.25) is 14.5 Å². The van der Waals surface area contributed by atoms with Crippen LogP contribution in [0.1, 0.15) is 44.6 Å². The second-order valence-corrected chi connectivity index (χ2v) is 9.66. The predicted octanol–water partition coefficient (Wildman–Crippen LogP) is 6.81. The second-order valence-electron chi connectivity index (χ2n) is 8.40. The van der Waals surface area contributed by atoms with E-state index >= 15 is 0 Å². The lowest BCUT2D eigenvalue weighted by Gasteiger charge is -2.43. The van der Waals surface area contributed by atoms with E-state index in [1.165, 1.54) is 0 Å². The number of nitrogens with zero attached hydrogens (tertiary/aromatic N) is 1. The van der Waals surface area contributed by atoms with Gasteiger partial charge in [-0.2, -0.15) is 0 Å². The minimum absolute atomic E-state index is 0.0590. The monoisotopic (exact) mass is 447 g/mol.